The van der Waals surface area contributed by atoms with Crippen molar-refractivity contribution in [2.75, 3.05) is 11.9 Å². The van der Waals surface area contributed by atoms with Crippen LogP contribution >= 0.6 is 11.6 Å². The van der Waals surface area contributed by atoms with Gasteiger partial charge >= 0.3 is 18.0 Å². The minimum atomic E-state index is -1.36. The van der Waals surface area contributed by atoms with Crippen molar-refractivity contribution in [3.05, 3.63) is 22.8 Å². The first kappa shape index (κ1) is 20.7. The molecule has 0 aliphatic carbocycles. The molecule has 0 fully saturated rings. The molecule has 1 amide bonds. The molecule has 8 nitrogen and oxygen atoms in total. The molecule has 25 heavy (non-hydrogen) atoms. The number of ether oxygens (including phenoxy) is 2. The van der Waals surface area contributed by atoms with Gasteiger partial charge in [-0.15, -0.1) is 0 Å². The Kier molecular flexibility index (Phi) is 7.17. The quantitative estimate of drug-likeness (QED) is 0.582. The fourth-order valence-corrected chi connectivity index (χ4v) is 2.07. The van der Waals surface area contributed by atoms with Crippen molar-refractivity contribution < 1.29 is 29.0 Å². The standard InChI is InChI=1S/C16H21ClN2O6/c1-5-24-14(22)10(13(20)21)6-9-7-11(17)12(18-8-9)19-15(23)25-16(2,3)4/h7-8,10H,5-6H2,1-4H3,(H,20,21)(H,18,19,23). The lowest BCUT2D eigenvalue weighted by atomic mass is 10.0. The van der Waals surface area contributed by atoms with Crippen molar-refractivity contribution >= 4 is 35.5 Å². The lowest BCUT2D eigenvalue weighted by Crippen LogP contribution is -2.28. The molecule has 2 N–H and O–H groups in total. The van der Waals surface area contributed by atoms with Gasteiger partial charge in [0.05, 0.1) is 11.6 Å². The number of esters is 1. The molecule has 1 aromatic heterocycles. The molecule has 0 spiro atoms. The molecule has 138 valence electrons. The number of halogens is 1. The normalized spacial score (nSPS) is 12.2. The Labute approximate surface area is 150 Å². The van der Waals surface area contributed by atoms with E-state index in [0.29, 0.717) is 5.56 Å². The molecule has 0 saturated carbocycles. The third-order valence-electron chi connectivity index (χ3n) is 2.83. The molecule has 1 heterocycles. The summed E-state index contributed by atoms with van der Waals surface area (Å²) in [5, 5.41) is 11.6. The maximum atomic E-state index is 11.7. The van der Waals surface area contributed by atoms with Gasteiger partial charge in [0.15, 0.2) is 11.7 Å². The van der Waals surface area contributed by atoms with E-state index in [1.54, 1.807) is 27.7 Å². The first-order valence-electron chi connectivity index (χ1n) is 7.57. The number of nitrogens with zero attached hydrogens (tertiary/aromatic N) is 1. The molecule has 0 saturated heterocycles. The van der Waals surface area contributed by atoms with Crippen LogP contribution in [0, 0.1) is 5.92 Å². The van der Waals surface area contributed by atoms with E-state index in [-0.39, 0.29) is 23.9 Å². The summed E-state index contributed by atoms with van der Waals surface area (Å²) in [4.78, 5) is 38.6. The van der Waals surface area contributed by atoms with Gasteiger partial charge in [-0.2, -0.15) is 0 Å². The maximum Gasteiger partial charge on any atom is 0.413 e. The number of pyridine rings is 1. The Morgan fingerprint density at radius 1 is 1.36 bits per heavy atom. The predicted molar refractivity (Wildman–Crippen MR) is 90.6 cm³/mol. The lowest BCUT2D eigenvalue weighted by Gasteiger charge is -2.19. The number of rotatable bonds is 6. The summed E-state index contributed by atoms with van der Waals surface area (Å²) in [5.41, 5.74) is -0.259. The molecule has 9 heteroatoms. The number of hydrogen-bond donors (Lipinski definition) is 2. The number of carboxylic acid groups (broad SMARTS) is 1. The first-order valence-corrected chi connectivity index (χ1v) is 7.95. The van der Waals surface area contributed by atoms with Gasteiger partial charge in [-0.1, -0.05) is 11.6 Å². The van der Waals surface area contributed by atoms with E-state index in [0.717, 1.165) is 0 Å². The second-order valence-electron chi connectivity index (χ2n) is 6.15. The van der Waals surface area contributed by atoms with E-state index in [2.05, 4.69) is 10.3 Å². The van der Waals surface area contributed by atoms with Gasteiger partial charge in [0.2, 0.25) is 0 Å². The summed E-state index contributed by atoms with van der Waals surface area (Å²) < 4.78 is 9.84. The third-order valence-corrected chi connectivity index (χ3v) is 3.11. The number of carboxylic acids is 1. The van der Waals surface area contributed by atoms with E-state index in [9.17, 15) is 14.4 Å². The highest BCUT2D eigenvalue weighted by atomic mass is 35.5. The molecule has 1 unspecified atom stereocenters. The Morgan fingerprint density at radius 3 is 2.48 bits per heavy atom. The summed E-state index contributed by atoms with van der Waals surface area (Å²) in [6, 6.07) is 1.43. The summed E-state index contributed by atoms with van der Waals surface area (Å²) in [7, 11) is 0. The average molecular weight is 373 g/mol. The first-order chi connectivity index (χ1) is 11.5. The van der Waals surface area contributed by atoms with Crippen molar-refractivity contribution in [3.63, 3.8) is 0 Å². The molecule has 0 aliphatic heterocycles. The largest absolute Gasteiger partial charge is 0.481 e. The van der Waals surface area contributed by atoms with Crippen molar-refractivity contribution in [1.29, 1.82) is 0 Å². The minimum Gasteiger partial charge on any atom is -0.481 e. The van der Waals surface area contributed by atoms with Crippen LogP contribution in [-0.4, -0.2) is 40.3 Å². The zero-order valence-electron chi connectivity index (χ0n) is 14.5. The SMILES string of the molecule is CCOC(=O)C(Cc1cnc(NC(=O)OC(C)(C)C)c(Cl)c1)C(=O)O. The molecule has 0 aromatic carbocycles. The molecule has 0 aliphatic rings. The van der Waals surface area contributed by atoms with E-state index in [4.69, 9.17) is 26.2 Å². The van der Waals surface area contributed by atoms with Crippen LogP contribution in [0.1, 0.15) is 33.3 Å². The smallest absolute Gasteiger partial charge is 0.413 e. The van der Waals surface area contributed by atoms with Gasteiger partial charge < -0.3 is 14.6 Å². The van der Waals surface area contributed by atoms with Crippen molar-refractivity contribution in [2.24, 2.45) is 5.92 Å². The van der Waals surface area contributed by atoms with Crippen LogP contribution in [0.25, 0.3) is 0 Å². The second kappa shape index (κ2) is 8.66. The van der Waals surface area contributed by atoms with Crippen LogP contribution in [0.15, 0.2) is 12.3 Å². The highest BCUT2D eigenvalue weighted by Crippen LogP contribution is 2.23. The van der Waals surface area contributed by atoms with Gasteiger partial charge in [0.25, 0.3) is 0 Å². The number of carbonyl (C=O) groups is 3. The molecular formula is C16H21ClN2O6. The molecule has 1 aromatic rings. The molecule has 0 bridgehead atoms. The number of carbonyl (C=O) groups excluding carboxylic acids is 2. The second-order valence-corrected chi connectivity index (χ2v) is 6.56. The Morgan fingerprint density at radius 2 is 2.00 bits per heavy atom. The molecule has 1 atom stereocenters. The van der Waals surface area contributed by atoms with E-state index in [1.165, 1.54) is 12.3 Å². The highest BCUT2D eigenvalue weighted by Gasteiger charge is 2.28. The van der Waals surface area contributed by atoms with Crippen LogP contribution in [0.4, 0.5) is 10.6 Å². The van der Waals surface area contributed by atoms with Crippen LogP contribution in [0.3, 0.4) is 0 Å². The Hall–Kier alpha value is -2.35. The number of amides is 1. The van der Waals surface area contributed by atoms with Gasteiger partial charge in [-0.3, -0.25) is 14.9 Å². The average Bonchev–Trinajstić information content (AvgIpc) is 2.45. The summed E-state index contributed by atoms with van der Waals surface area (Å²) in [6.45, 7) is 6.82. The maximum absolute atomic E-state index is 11.7. The third kappa shape index (κ3) is 6.96. The highest BCUT2D eigenvalue weighted by molar-refractivity contribution is 6.33. The molecular weight excluding hydrogens is 352 g/mol. The number of anilines is 1. The van der Waals surface area contributed by atoms with Gasteiger partial charge in [0.1, 0.15) is 5.60 Å². The molecule has 0 radical (unpaired) electrons. The topological polar surface area (TPSA) is 115 Å². The predicted octanol–water partition coefficient (Wildman–Crippen LogP) is 2.89. The van der Waals surface area contributed by atoms with Gasteiger partial charge in [-0.05, 0) is 45.7 Å². The Balaban J connectivity index is 2.85. The lowest BCUT2D eigenvalue weighted by molar-refractivity contribution is -0.158. The zero-order valence-corrected chi connectivity index (χ0v) is 15.2. The zero-order chi connectivity index (χ0) is 19.2. The van der Waals surface area contributed by atoms with E-state index >= 15 is 0 Å². The van der Waals surface area contributed by atoms with Crippen molar-refractivity contribution in [2.45, 2.75) is 39.7 Å². The summed E-state index contributed by atoms with van der Waals surface area (Å²) in [6.07, 6.45) is 0.478. The van der Waals surface area contributed by atoms with Crippen LogP contribution < -0.4 is 5.32 Å². The fourth-order valence-electron chi connectivity index (χ4n) is 1.83. The number of nitrogens with one attached hydrogen (secondary N) is 1. The van der Waals surface area contributed by atoms with Crippen molar-refractivity contribution in [3.8, 4) is 0 Å². The van der Waals surface area contributed by atoms with E-state index < -0.39 is 29.6 Å². The Bertz CT molecular complexity index is 657. The van der Waals surface area contributed by atoms with Crippen LogP contribution in [0.5, 0.6) is 0 Å². The summed E-state index contributed by atoms with van der Waals surface area (Å²) >= 11 is 6.05. The summed E-state index contributed by atoms with van der Waals surface area (Å²) in [5.74, 6) is -3.42. The number of aliphatic carboxylic acids is 1. The fraction of sp³-hybridized carbons (Fsp3) is 0.500. The van der Waals surface area contributed by atoms with E-state index in [1.807, 2.05) is 0 Å². The monoisotopic (exact) mass is 372 g/mol. The van der Waals surface area contributed by atoms with Crippen LogP contribution in [0.2, 0.25) is 5.02 Å². The number of aromatic nitrogens is 1. The molecule has 1 rings (SSSR count). The van der Waals surface area contributed by atoms with Gasteiger partial charge in [0, 0.05) is 6.20 Å². The van der Waals surface area contributed by atoms with Crippen LogP contribution in [-0.2, 0) is 25.5 Å². The minimum absolute atomic E-state index is 0.0719. The van der Waals surface area contributed by atoms with Gasteiger partial charge in [-0.25, -0.2) is 9.78 Å². The van der Waals surface area contributed by atoms with Crippen molar-refractivity contribution in [1.82, 2.24) is 4.98 Å². The number of hydrogen-bond acceptors (Lipinski definition) is 6.